The summed E-state index contributed by atoms with van der Waals surface area (Å²) < 4.78 is 0. The maximum absolute atomic E-state index is 14.5. The summed E-state index contributed by atoms with van der Waals surface area (Å²) in [6, 6.07) is -18.1. The Morgan fingerprint density at radius 1 is 0.198 bits per heavy atom. The molecule has 0 aromatic carbocycles. The number of hydrogen-bond acceptors (Lipinski definition) is 20. The second-order valence-corrected chi connectivity index (χ2v) is 29.8. The first-order valence-electron chi connectivity index (χ1n) is 38.5. The molecule has 1 aliphatic rings. The van der Waals surface area contributed by atoms with Crippen LogP contribution in [0.3, 0.4) is 0 Å². The number of rotatable bonds is 32. The fourth-order valence-electron chi connectivity index (χ4n) is 11.7. The topological polar surface area (TPSA) is 564 Å². The first-order valence-corrected chi connectivity index (χ1v) is 38.5. The van der Waals surface area contributed by atoms with E-state index in [1.165, 1.54) is 27.7 Å². The Bertz CT molecular complexity index is 2580. The van der Waals surface area contributed by atoms with Crippen LogP contribution in [0.2, 0.25) is 0 Å². The molecule has 0 unspecified atom stereocenters. The third-order valence-corrected chi connectivity index (χ3v) is 17.8. The van der Waals surface area contributed by atoms with Crippen molar-refractivity contribution < 1.29 is 67.1 Å². The molecular formula is C72H136N20O14. The minimum Gasteiger partial charge on any atom is -0.343 e. The summed E-state index contributed by atoms with van der Waals surface area (Å²) in [6.07, 6.45) is 5.33. The van der Waals surface area contributed by atoms with Gasteiger partial charge in [-0.3, -0.25) is 67.1 Å². The lowest BCUT2D eigenvalue weighted by Gasteiger charge is -2.29. The van der Waals surface area contributed by atoms with Crippen LogP contribution in [0.15, 0.2) is 0 Å². The minimum absolute atomic E-state index is 0.0444. The highest BCUT2D eigenvalue weighted by molar-refractivity contribution is 6.00. The first kappa shape index (κ1) is 96.4. The minimum atomic E-state index is -1.32. The molecule has 0 radical (unpaired) electrons. The predicted molar refractivity (Wildman–Crippen MR) is 405 cm³/mol. The van der Waals surface area contributed by atoms with E-state index in [4.69, 9.17) is 34.4 Å². The van der Waals surface area contributed by atoms with Gasteiger partial charge in [0.25, 0.3) is 0 Å². The lowest BCUT2D eigenvalue weighted by molar-refractivity contribution is -0.136. The molecule has 34 heteroatoms. The SMILES string of the molecule is CC(C)C[C@H]1NC(=O)[C@@H](CCCCN)NC(=O)[C@@H](C)NC(=O)[C@@H](CC(C)C)NC(=O)[C@@H](CCCCN)NC(=O)[C@@H](CCCCN)NC(=O)[C@@H](C)NC(=O)[C@@H](CC(C)C)NC(=O)[C@@H](CCCCN)NC(=O)[C@@H](C)NC(=O)[C@@H](CC(C)C)NC(=O)[C@@H](CCCCN)NC(=O)[C@@H](CCCCN)NC(=O)[C@@H](C)NC1=O. The van der Waals surface area contributed by atoms with Crippen molar-refractivity contribution >= 4 is 82.7 Å². The van der Waals surface area contributed by atoms with Gasteiger partial charge in [-0.15, -0.1) is 0 Å². The van der Waals surface area contributed by atoms with E-state index < -0.39 is 167 Å². The van der Waals surface area contributed by atoms with Crippen molar-refractivity contribution in [1.29, 1.82) is 0 Å². The predicted octanol–water partition coefficient (Wildman–Crippen LogP) is -2.17. The number of nitrogens with two attached hydrogens (primary N) is 6. The van der Waals surface area contributed by atoms with E-state index in [-0.39, 0.29) is 127 Å². The number of hydrogen-bond donors (Lipinski definition) is 20. The number of nitrogens with one attached hydrogen (secondary N) is 14. The molecule has 14 atom stereocenters. The van der Waals surface area contributed by atoms with Crippen molar-refractivity contribution in [2.24, 2.45) is 58.1 Å². The van der Waals surface area contributed by atoms with E-state index in [0.29, 0.717) is 77.0 Å². The molecule has 0 aromatic rings. The van der Waals surface area contributed by atoms with E-state index >= 15 is 0 Å². The second-order valence-electron chi connectivity index (χ2n) is 29.8. The summed E-state index contributed by atoms with van der Waals surface area (Å²) in [5.41, 5.74) is 35.0. The standard InChI is InChI=1S/C72H136N20O14/c1-41(2)37-55-69(103)79-45(9)59(93)83-49(25-13-19-31-73)63(97)87-53(29-17-23-35-77)67(101)92-58(40-44(7)8)72(106)82-48(12)62(96)86-52(28-16-22-34-76)66(100)90-56(38-42(3)4)70(104)80-46(10)60(94)84-50(26-14-20-32-74)64(98)88-54(30-18-24-36-78)68(102)91-57(39-43(5)6)71(105)81-47(11)61(95)85-51(65(99)89-55)27-15-21-33-75/h41-58H,13-40,73-78H2,1-12H3,(H,79,103)(H,80,104)(H,81,105)(H,82,106)(H,83,93)(H,84,94)(H,85,95)(H,86,96)(H,87,97)(H,88,98)(H,89,99)(H,90,100)(H,91,102)(H,92,101)/t45-,46-,47-,48-,49-,50-,51-,52-,53-,54-,55-,56-,57-,58-/m1/s1. The lowest BCUT2D eigenvalue weighted by atomic mass is 10.0. The summed E-state index contributed by atoms with van der Waals surface area (Å²) in [4.78, 5) is 200. The molecule has 14 amide bonds. The molecule has 1 heterocycles. The van der Waals surface area contributed by atoms with Gasteiger partial charge in [-0.25, -0.2) is 0 Å². The zero-order valence-corrected chi connectivity index (χ0v) is 65.4. The van der Waals surface area contributed by atoms with Gasteiger partial charge in [-0.2, -0.15) is 0 Å². The van der Waals surface area contributed by atoms with Crippen LogP contribution in [0, 0.1) is 23.7 Å². The molecule has 1 fully saturated rings. The van der Waals surface area contributed by atoms with Crippen LogP contribution >= 0.6 is 0 Å². The van der Waals surface area contributed by atoms with Gasteiger partial charge in [0.15, 0.2) is 0 Å². The molecule has 0 spiro atoms. The third-order valence-electron chi connectivity index (χ3n) is 17.8. The molecule has 0 aliphatic carbocycles. The van der Waals surface area contributed by atoms with E-state index in [1.807, 2.05) is 27.7 Å². The normalized spacial score (nSPS) is 26.1. The largest absolute Gasteiger partial charge is 0.343 e. The van der Waals surface area contributed by atoms with Crippen molar-refractivity contribution in [2.45, 2.75) is 309 Å². The Balaban J connectivity index is 4.20. The van der Waals surface area contributed by atoms with Crippen LogP contribution in [0.25, 0.3) is 0 Å². The molecule has 1 aliphatic heterocycles. The number of unbranched alkanes of at least 4 members (excludes halogenated alkanes) is 6. The number of carbonyl (C=O) groups is 14. The highest BCUT2D eigenvalue weighted by atomic mass is 16.2. The Hall–Kier alpha value is -7.66. The summed E-state index contributed by atoms with van der Waals surface area (Å²) in [7, 11) is 0. The molecule has 106 heavy (non-hydrogen) atoms. The van der Waals surface area contributed by atoms with Gasteiger partial charge in [-0.05, 0) is 232 Å². The fourth-order valence-corrected chi connectivity index (χ4v) is 11.7. The Labute approximate surface area is 628 Å². The monoisotopic (exact) mass is 1510 g/mol. The molecule has 608 valence electrons. The smallest absolute Gasteiger partial charge is 0.243 e. The summed E-state index contributed by atoms with van der Waals surface area (Å²) in [5.74, 6) is -11.7. The fraction of sp³-hybridized carbons (Fsp3) is 0.806. The molecular weight excluding hydrogens is 1370 g/mol. The van der Waals surface area contributed by atoms with Crippen LogP contribution in [0.5, 0.6) is 0 Å². The number of carbonyl (C=O) groups excluding carboxylic acids is 14. The maximum Gasteiger partial charge on any atom is 0.243 e. The van der Waals surface area contributed by atoms with Gasteiger partial charge in [0.2, 0.25) is 82.7 Å². The Morgan fingerprint density at radius 2 is 0.321 bits per heavy atom. The van der Waals surface area contributed by atoms with Crippen molar-refractivity contribution in [2.75, 3.05) is 39.3 Å². The van der Waals surface area contributed by atoms with Gasteiger partial charge in [0.1, 0.15) is 84.6 Å². The van der Waals surface area contributed by atoms with E-state index in [0.717, 1.165) is 0 Å². The van der Waals surface area contributed by atoms with Crippen molar-refractivity contribution in [3.8, 4) is 0 Å². The quantitative estimate of drug-likeness (QED) is 0.0319. The third kappa shape index (κ3) is 38.7. The van der Waals surface area contributed by atoms with E-state index in [2.05, 4.69) is 74.4 Å². The van der Waals surface area contributed by atoms with Gasteiger partial charge in [-0.1, -0.05) is 55.4 Å². The van der Waals surface area contributed by atoms with Crippen LogP contribution in [0.1, 0.15) is 224 Å². The molecule has 1 saturated heterocycles. The molecule has 0 bridgehead atoms. The van der Waals surface area contributed by atoms with Crippen LogP contribution in [-0.4, -0.2) is 207 Å². The zero-order valence-electron chi connectivity index (χ0n) is 65.4. The van der Waals surface area contributed by atoms with Gasteiger partial charge in [0.05, 0.1) is 0 Å². The van der Waals surface area contributed by atoms with E-state index in [9.17, 15) is 67.1 Å². The first-order chi connectivity index (χ1) is 50.1. The maximum atomic E-state index is 14.5. The van der Waals surface area contributed by atoms with E-state index in [1.54, 1.807) is 27.7 Å². The van der Waals surface area contributed by atoms with Crippen molar-refractivity contribution in [1.82, 2.24) is 74.4 Å². The number of amides is 14. The average Bonchev–Trinajstić information content (AvgIpc) is 0.867. The lowest BCUT2D eigenvalue weighted by Crippen LogP contribution is -2.61. The van der Waals surface area contributed by atoms with Crippen LogP contribution in [0.4, 0.5) is 0 Å². The zero-order chi connectivity index (χ0) is 80.2. The molecule has 0 saturated carbocycles. The molecule has 26 N–H and O–H groups in total. The van der Waals surface area contributed by atoms with Crippen molar-refractivity contribution in [3.05, 3.63) is 0 Å². The molecule has 34 nitrogen and oxygen atoms in total. The van der Waals surface area contributed by atoms with Gasteiger partial charge >= 0.3 is 0 Å². The molecule has 0 aromatic heterocycles. The van der Waals surface area contributed by atoms with Crippen LogP contribution in [-0.2, 0) is 67.1 Å². The Morgan fingerprint density at radius 3 is 0.453 bits per heavy atom. The summed E-state index contributed by atoms with van der Waals surface area (Å²) in [5, 5.41) is 37.9. The van der Waals surface area contributed by atoms with Gasteiger partial charge < -0.3 is 109 Å². The highest BCUT2D eigenvalue weighted by Crippen LogP contribution is 2.16. The van der Waals surface area contributed by atoms with Crippen molar-refractivity contribution in [3.63, 3.8) is 0 Å². The summed E-state index contributed by atoms with van der Waals surface area (Å²) >= 11 is 0. The highest BCUT2D eigenvalue weighted by Gasteiger charge is 2.38. The average molecular weight is 1510 g/mol. The second kappa shape index (κ2) is 53.2. The Kier molecular flexibility index (Phi) is 48.3. The summed E-state index contributed by atoms with van der Waals surface area (Å²) in [6.45, 7) is 21.5. The van der Waals surface area contributed by atoms with Gasteiger partial charge in [0, 0.05) is 0 Å². The molecule has 1 rings (SSSR count). The van der Waals surface area contributed by atoms with Crippen LogP contribution < -0.4 is 109 Å².